The van der Waals surface area contributed by atoms with Gasteiger partial charge in [-0.2, -0.15) is 5.10 Å². The van der Waals surface area contributed by atoms with Crippen LogP contribution in [-0.2, 0) is 20.0 Å². The van der Waals surface area contributed by atoms with Crippen molar-refractivity contribution in [2.75, 3.05) is 24.5 Å². The molecule has 0 bridgehead atoms. The van der Waals surface area contributed by atoms with Crippen LogP contribution >= 0.6 is 0 Å². The second-order valence-electron chi connectivity index (χ2n) is 7.94. The Labute approximate surface area is 174 Å². The smallest absolute Gasteiger partial charge is 0.191 e. The highest BCUT2D eigenvalue weighted by Crippen LogP contribution is 2.18. The molecule has 7 nitrogen and oxygen atoms in total. The topological polar surface area (TPSA) is 70.4 Å². The molecule has 1 unspecified atom stereocenters. The summed E-state index contributed by atoms with van der Waals surface area (Å²) in [4.78, 5) is 11.7. The molecule has 0 amide bonds. The van der Waals surface area contributed by atoms with Gasteiger partial charge in [0.1, 0.15) is 5.82 Å². The van der Waals surface area contributed by atoms with Gasteiger partial charge in [-0.3, -0.25) is 4.68 Å². The van der Waals surface area contributed by atoms with Crippen LogP contribution in [0.25, 0.3) is 0 Å². The van der Waals surface area contributed by atoms with Crippen LogP contribution < -0.4 is 15.5 Å². The molecule has 158 valence electrons. The van der Waals surface area contributed by atoms with E-state index in [-0.39, 0.29) is 6.04 Å². The maximum atomic E-state index is 4.76. The van der Waals surface area contributed by atoms with Gasteiger partial charge >= 0.3 is 0 Å². The Morgan fingerprint density at radius 2 is 2.00 bits per heavy atom. The average molecular weight is 398 g/mol. The molecule has 3 heterocycles. The first kappa shape index (κ1) is 21.1. The molecule has 0 saturated carbocycles. The highest BCUT2D eigenvalue weighted by Gasteiger charge is 2.15. The first-order chi connectivity index (χ1) is 14.0. The van der Waals surface area contributed by atoms with Gasteiger partial charge in [0.05, 0.1) is 12.2 Å². The van der Waals surface area contributed by atoms with Crippen molar-refractivity contribution < 1.29 is 0 Å². The van der Waals surface area contributed by atoms with Crippen molar-refractivity contribution in [3.63, 3.8) is 0 Å². The molecular formula is C22H35N7. The Bertz CT molecular complexity index is 816. The van der Waals surface area contributed by atoms with Gasteiger partial charge in [0.15, 0.2) is 5.96 Å². The van der Waals surface area contributed by atoms with Crippen molar-refractivity contribution >= 4 is 11.8 Å². The average Bonchev–Trinajstić information content (AvgIpc) is 3.32. The summed E-state index contributed by atoms with van der Waals surface area (Å²) >= 11 is 0. The fraction of sp³-hybridized carbons (Fsp3) is 0.591. The quantitative estimate of drug-likeness (QED) is 0.555. The Hall–Kier alpha value is -2.57. The zero-order valence-electron chi connectivity index (χ0n) is 18.5. The second-order valence-corrected chi connectivity index (χ2v) is 7.94. The third kappa shape index (κ3) is 5.49. The largest absolute Gasteiger partial charge is 0.357 e. The molecule has 0 aromatic carbocycles. The van der Waals surface area contributed by atoms with E-state index in [1.165, 1.54) is 24.1 Å². The van der Waals surface area contributed by atoms with Crippen molar-refractivity contribution in [3.05, 3.63) is 40.8 Å². The van der Waals surface area contributed by atoms with E-state index in [0.717, 1.165) is 49.1 Å². The molecule has 1 atom stereocenters. The van der Waals surface area contributed by atoms with Crippen LogP contribution in [0.4, 0.5) is 5.82 Å². The van der Waals surface area contributed by atoms with E-state index in [1.54, 1.807) is 0 Å². The number of hydrogen-bond donors (Lipinski definition) is 2. The maximum Gasteiger partial charge on any atom is 0.191 e. The summed E-state index contributed by atoms with van der Waals surface area (Å²) in [5, 5.41) is 11.4. The summed E-state index contributed by atoms with van der Waals surface area (Å²) in [6, 6.07) is 4.51. The van der Waals surface area contributed by atoms with E-state index in [4.69, 9.17) is 4.99 Å². The lowest BCUT2D eigenvalue weighted by Crippen LogP contribution is -2.43. The fourth-order valence-corrected chi connectivity index (χ4v) is 3.84. The number of nitrogens with zero attached hydrogens (tertiary/aromatic N) is 5. The maximum absolute atomic E-state index is 4.76. The highest BCUT2D eigenvalue weighted by atomic mass is 15.3. The van der Waals surface area contributed by atoms with Crippen LogP contribution in [0.2, 0.25) is 0 Å². The van der Waals surface area contributed by atoms with Crippen LogP contribution in [0.5, 0.6) is 0 Å². The molecule has 0 spiro atoms. The number of nitrogens with one attached hydrogen (secondary N) is 2. The zero-order valence-corrected chi connectivity index (χ0v) is 18.5. The number of aliphatic imine (C=N–C) groups is 1. The number of hydrogen-bond acceptors (Lipinski definition) is 4. The number of aryl methyl sites for hydroxylation is 2. The summed E-state index contributed by atoms with van der Waals surface area (Å²) in [6.07, 6.45) is 5.40. The molecular weight excluding hydrogens is 362 g/mol. The van der Waals surface area contributed by atoms with E-state index >= 15 is 0 Å². The summed E-state index contributed by atoms with van der Waals surface area (Å²) in [6.45, 7) is 12.2. The van der Waals surface area contributed by atoms with Crippen LogP contribution in [0.3, 0.4) is 0 Å². The van der Waals surface area contributed by atoms with Crippen LogP contribution in [0.15, 0.2) is 23.3 Å². The van der Waals surface area contributed by atoms with Gasteiger partial charge in [0, 0.05) is 44.6 Å². The Kier molecular flexibility index (Phi) is 7.12. The Balaban J connectivity index is 1.60. The molecule has 0 radical (unpaired) electrons. The minimum Gasteiger partial charge on any atom is -0.357 e. The molecule has 2 aromatic rings. The zero-order chi connectivity index (χ0) is 20.8. The van der Waals surface area contributed by atoms with Gasteiger partial charge in [-0.15, -0.1) is 0 Å². The predicted molar refractivity (Wildman–Crippen MR) is 119 cm³/mol. The van der Waals surface area contributed by atoms with Gasteiger partial charge in [-0.25, -0.2) is 9.98 Å². The normalized spacial score (nSPS) is 15.6. The number of rotatable bonds is 7. The third-order valence-corrected chi connectivity index (χ3v) is 5.56. The Morgan fingerprint density at radius 1 is 1.24 bits per heavy atom. The lowest BCUT2D eigenvalue weighted by Gasteiger charge is -2.18. The van der Waals surface area contributed by atoms with Gasteiger partial charge in [0.2, 0.25) is 0 Å². The standard InChI is InChI=1S/C22H35N7/c1-6-23-22(26-16(2)13-20-17(3)27-28(5)18(20)4)25-15-19-9-10-21(24-14-19)29-11-7-8-12-29/h9-10,14,16H,6-8,11-13,15H2,1-5H3,(H2,23,25,26). The molecule has 1 saturated heterocycles. The number of guanidine groups is 1. The van der Waals surface area contributed by atoms with Crippen LogP contribution in [0.1, 0.15) is 49.2 Å². The van der Waals surface area contributed by atoms with Crippen LogP contribution in [0, 0.1) is 13.8 Å². The molecule has 1 aliphatic rings. The number of anilines is 1. The minimum absolute atomic E-state index is 0.255. The van der Waals surface area contributed by atoms with Crippen molar-refractivity contribution in [2.45, 2.75) is 59.5 Å². The predicted octanol–water partition coefficient (Wildman–Crippen LogP) is 2.72. The molecule has 2 aromatic heterocycles. The third-order valence-electron chi connectivity index (χ3n) is 5.56. The summed E-state index contributed by atoms with van der Waals surface area (Å²) in [7, 11) is 2.00. The Morgan fingerprint density at radius 3 is 2.59 bits per heavy atom. The van der Waals surface area contributed by atoms with Crippen LogP contribution in [-0.4, -0.2) is 46.4 Å². The van der Waals surface area contributed by atoms with E-state index in [9.17, 15) is 0 Å². The van der Waals surface area contributed by atoms with E-state index in [0.29, 0.717) is 6.54 Å². The molecule has 3 rings (SSSR count). The van der Waals surface area contributed by atoms with Gasteiger partial charge in [-0.1, -0.05) is 6.07 Å². The molecule has 1 fully saturated rings. The van der Waals surface area contributed by atoms with E-state index < -0.39 is 0 Å². The summed E-state index contributed by atoms with van der Waals surface area (Å²) < 4.78 is 1.95. The number of pyridine rings is 1. The molecule has 29 heavy (non-hydrogen) atoms. The van der Waals surface area contributed by atoms with Crippen molar-refractivity contribution in [2.24, 2.45) is 12.0 Å². The summed E-state index contributed by atoms with van der Waals surface area (Å²) in [5.41, 5.74) is 4.76. The molecule has 7 heteroatoms. The number of aromatic nitrogens is 3. The SMILES string of the molecule is CCNC(=NCc1ccc(N2CCCC2)nc1)NC(C)Cc1c(C)nn(C)c1C. The van der Waals surface area contributed by atoms with Gasteiger partial charge in [-0.05, 0) is 64.2 Å². The monoisotopic (exact) mass is 397 g/mol. The van der Waals surface area contributed by atoms with Crippen molar-refractivity contribution in [1.82, 2.24) is 25.4 Å². The van der Waals surface area contributed by atoms with Gasteiger partial charge < -0.3 is 15.5 Å². The van der Waals surface area contributed by atoms with Crippen molar-refractivity contribution in [1.29, 1.82) is 0 Å². The minimum atomic E-state index is 0.255. The first-order valence-corrected chi connectivity index (χ1v) is 10.7. The highest BCUT2D eigenvalue weighted by molar-refractivity contribution is 5.80. The fourth-order valence-electron chi connectivity index (χ4n) is 3.84. The van der Waals surface area contributed by atoms with Gasteiger partial charge in [0.25, 0.3) is 0 Å². The second kappa shape index (κ2) is 9.76. The molecule has 0 aliphatic carbocycles. The molecule has 2 N–H and O–H groups in total. The first-order valence-electron chi connectivity index (χ1n) is 10.7. The van der Waals surface area contributed by atoms with E-state index in [2.05, 4.69) is 65.4 Å². The van der Waals surface area contributed by atoms with E-state index in [1.807, 2.05) is 17.9 Å². The van der Waals surface area contributed by atoms with Crippen molar-refractivity contribution in [3.8, 4) is 0 Å². The lowest BCUT2D eigenvalue weighted by atomic mass is 10.1. The lowest BCUT2D eigenvalue weighted by molar-refractivity contribution is 0.635. The molecule has 1 aliphatic heterocycles. The summed E-state index contributed by atoms with van der Waals surface area (Å²) in [5.74, 6) is 1.92.